The topological polar surface area (TPSA) is 38.5 Å². The fourth-order valence-electron chi connectivity index (χ4n) is 2.39. The second-order valence-corrected chi connectivity index (χ2v) is 4.71. The van der Waals surface area contributed by atoms with Crippen LogP contribution in [0.5, 0.6) is 0 Å². The molecule has 2 unspecified atom stereocenters. The third-order valence-corrected chi connectivity index (χ3v) is 3.58. The first-order chi connectivity index (χ1) is 6.83. The molecule has 2 N–H and O–H groups in total. The second-order valence-electron chi connectivity index (χ2n) is 4.71. The van der Waals surface area contributed by atoms with Crippen LogP contribution < -0.4 is 5.73 Å². The lowest BCUT2D eigenvalue weighted by atomic mass is 9.99. The zero-order valence-electron chi connectivity index (χ0n) is 9.11. The highest BCUT2D eigenvalue weighted by Gasteiger charge is 2.31. The summed E-state index contributed by atoms with van der Waals surface area (Å²) in [5, 5.41) is 0. The Morgan fingerprint density at radius 3 is 2.71 bits per heavy atom. The van der Waals surface area contributed by atoms with Crippen LogP contribution >= 0.6 is 0 Å². The maximum absolute atomic E-state index is 5.81. The molecular weight excluding hydrogens is 176 g/mol. The molecule has 0 bridgehead atoms. The van der Waals surface area contributed by atoms with Gasteiger partial charge in [-0.3, -0.25) is 4.90 Å². The van der Waals surface area contributed by atoms with E-state index in [2.05, 4.69) is 4.90 Å². The third-order valence-electron chi connectivity index (χ3n) is 3.58. The molecule has 2 aliphatic rings. The van der Waals surface area contributed by atoms with Crippen LogP contribution in [0.1, 0.15) is 25.7 Å². The summed E-state index contributed by atoms with van der Waals surface area (Å²) in [6.45, 7) is 3.24. The average Bonchev–Trinajstić information content (AvgIpc) is 3.02. The van der Waals surface area contributed by atoms with Crippen molar-refractivity contribution in [3.05, 3.63) is 0 Å². The first kappa shape index (κ1) is 10.4. The van der Waals surface area contributed by atoms with Crippen molar-refractivity contribution >= 4 is 0 Å². The summed E-state index contributed by atoms with van der Waals surface area (Å²) in [5.74, 6) is 0.975. The van der Waals surface area contributed by atoms with Crippen LogP contribution in [-0.4, -0.2) is 43.8 Å². The maximum Gasteiger partial charge on any atom is 0.0599 e. The van der Waals surface area contributed by atoms with E-state index in [0.717, 1.165) is 18.9 Å². The van der Waals surface area contributed by atoms with Crippen molar-refractivity contribution in [2.75, 3.05) is 26.7 Å². The van der Waals surface area contributed by atoms with E-state index in [1.54, 1.807) is 0 Å². The number of hydrogen-bond acceptors (Lipinski definition) is 3. The maximum atomic E-state index is 5.81. The van der Waals surface area contributed by atoms with E-state index in [1.165, 1.54) is 32.4 Å². The molecule has 0 radical (unpaired) electrons. The Balaban J connectivity index is 1.83. The zero-order chi connectivity index (χ0) is 9.97. The quantitative estimate of drug-likeness (QED) is 0.727. The number of likely N-dealkylation sites (tertiary alicyclic amines) is 1. The summed E-state index contributed by atoms with van der Waals surface area (Å²) in [6, 6.07) is 0.564. The number of methoxy groups -OCH3 is 1. The van der Waals surface area contributed by atoms with Crippen molar-refractivity contribution in [3.63, 3.8) is 0 Å². The van der Waals surface area contributed by atoms with Crippen LogP contribution in [0.4, 0.5) is 0 Å². The Kier molecular flexibility index (Phi) is 3.42. The van der Waals surface area contributed by atoms with Gasteiger partial charge in [0.05, 0.1) is 6.10 Å². The number of piperidine rings is 1. The van der Waals surface area contributed by atoms with Gasteiger partial charge in [0.1, 0.15) is 0 Å². The molecule has 0 aromatic rings. The normalized spacial score (nSPS) is 34.7. The summed E-state index contributed by atoms with van der Waals surface area (Å²) >= 11 is 0. The van der Waals surface area contributed by atoms with Gasteiger partial charge in [-0.25, -0.2) is 0 Å². The van der Waals surface area contributed by atoms with Gasteiger partial charge in [0.2, 0.25) is 0 Å². The summed E-state index contributed by atoms with van der Waals surface area (Å²) in [7, 11) is 1.81. The zero-order valence-corrected chi connectivity index (χ0v) is 9.11. The van der Waals surface area contributed by atoms with Gasteiger partial charge in [-0.05, 0) is 31.6 Å². The predicted octanol–water partition coefficient (Wildman–Crippen LogP) is 0.834. The molecule has 1 heterocycles. The van der Waals surface area contributed by atoms with E-state index in [9.17, 15) is 0 Å². The Labute approximate surface area is 86.6 Å². The molecule has 0 amide bonds. The fraction of sp³-hybridized carbons (Fsp3) is 1.00. The van der Waals surface area contributed by atoms with Crippen molar-refractivity contribution in [2.45, 2.75) is 37.8 Å². The molecule has 1 aliphatic carbocycles. The Bertz CT molecular complexity index is 182. The lowest BCUT2D eigenvalue weighted by Crippen LogP contribution is -2.49. The molecular formula is C11H22N2O. The molecule has 2 fully saturated rings. The van der Waals surface area contributed by atoms with Crippen LogP contribution in [0.2, 0.25) is 0 Å². The summed E-state index contributed by atoms with van der Waals surface area (Å²) in [6.07, 6.45) is 5.61. The van der Waals surface area contributed by atoms with Crippen LogP contribution in [0.15, 0.2) is 0 Å². The van der Waals surface area contributed by atoms with Gasteiger partial charge in [0, 0.05) is 32.8 Å². The van der Waals surface area contributed by atoms with Gasteiger partial charge in [0.25, 0.3) is 0 Å². The van der Waals surface area contributed by atoms with E-state index in [4.69, 9.17) is 10.5 Å². The van der Waals surface area contributed by atoms with Gasteiger partial charge in [0.15, 0.2) is 0 Å². The van der Waals surface area contributed by atoms with E-state index >= 15 is 0 Å². The van der Waals surface area contributed by atoms with Gasteiger partial charge < -0.3 is 10.5 Å². The highest BCUT2D eigenvalue weighted by molar-refractivity contribution is 4.86. The largest absolute Gasteiger partial charge is 0.381 e. The average molecular weight is 198 g/mol. The number of nitrogens with two attached hydrogens (primary N) is 1. The Hall–Kier alpha value is -0.120. The summed E-state index contributed by atoms with van der Waals surface area (Å²) in [4.78, 5) is 2.58. The van der Waals surface area contributed by atoms with E-state index in [-0.39, 0.29) is 0 Å². The minimum absolute atomic E-state index is 0.444. The number of ether oxygens (including phenoxy) is 1. The molecule has 0 spiro atoms. The number of nitrogens with zero attached hydrogens (tertiary/aromatic N) is 1. The molecule has 1 aliphatic heterocycles. The molecule has 14 heavy (non-hydrogen) atoms. The molecule has 1 saturated heterocycles. The molecule has 0 aromatic heterocycles. The Morgan fingerprint density at radius 1 is 1.36 bits per heavy atom. The number of hydrogen-bond donors (Lipinski definition) is 1. The molecule has 3 heteroatoms. The van der Waals surface area contributed by atoms with E-state index in [0.29, 0.717) is 12.1 Å². The molecule has 2 atom stereocenters. The van der Waals surface area contributed by atoms with E-state index < -0.39 is 0 Å². The van der Waals surface area contributed by atoms with Crippen LogP contribution in [0.3, 0.4) is 0 Å². The summed E-state index contributed by atoms with van der Waals surface area (Å²) < 4.78 is 5.41. The highest BCUT2D eigenvalue weighted by atomic mass is 16.5. The molecule has 1 saturated carbocycles. The Morgan fingerprint density at radius 2 is 2.14 bits per heavy atom. The minimum atomic E-state index is 0.444. The van der Waals surface area contributed by atoms with Crippen molar-refractivity contribution < 1.29 is 4.74 Å². The third kappa shape index (κ3) is 2.47. The molecule has 0 aromatic carbocycles. The van der Waals surface area contributed by atoms with Gasteiger partial charge >= 0.3 is 0 Å². The molecule has 3 nitrogen and oxygen atoms in total. The van der Waals surface area contributed by atoms with Crippen molar-refractivity contribution in [3.8, 4) is 0 Å². The predicted molar refractivity (Wildman–Crippen MR) is 57.2 cm³/mol. The smallest absolute Gasteiger partial charge is 0.0599 e. The first-order valence-corrected chi connectivity index (χ1v) is 5.80. The van der Waals surface area contributed by atoms with Crippen molar-refractivity contribution in [1.29, 1.82) is 0 Å². The second kappa shape index (κ2) is 4.60. The monoisotopic (exact) mass is 198 g/mol. The fourth-order valence-corrected chi connectivity index (χ4v) is 2.39. The SMILES string of the molecule is COC1CCN(CC2CC2)C(CN)C1. The van der Waals surface area contributed by atoms with Gasteiger partial charge in [-0.1, -0.05) is 0 Å². The van der Waals surface area contributed by atoms with Gasteiger partial charge in [-0.15, -0.1) is 0 Å². The highest BCUT2D eigenvalue weighted by Crippen LogP contribution is 2.32. The van der Waals surface area contributed by atoms with Crippen LogP contribution in [-0.2, 0) is 4.74 Å². The molecule has 82 valence electrons. The summed E-state index contributed by atoms with van der Waals surface area (Å²) in [5.41, 5.74) is 5.81. The van der Waals surface area contributed by atoms with E-state index in [1.807, 2.05) is 7.11 Å². The van der Waals surface area contributed by atoms with Crippen molar-refractivity contribution in [1.82, 2.24) is 4.90 Å². The van der Waals surface area contributed by atoms with Gasteiger partial charge in [-0.2, -0.15) is 0 Å². The first-order valence-electron chi connectivity index (χ1n) is 5.80. The lowest BCUT2D eigenvalue weighted by molar-refractivity contribution is 0.0117. The van der Waals surface area contributed by atoms with Crippen molar-refractivity contribution in [2.24, 2.45) is 11.7 Å². The lowest BCUT2D eigenvalue weighted by Gasteiger charge is -2.38. The molecule has 2 rings (SSSR count). The standard InChI is InChI=1S/C11H22N2O/c1-14-11-4-5-13(8-9-2-3-9)10(6-11)7-12/h9-11H,2-8,12H2,1H3. The number of rotatable bonds is 4. The minimum Gasteiger partial charge on any atom is -0.381 e. The van der Waals surface area contributed by atoms with Crippen LogP contribution in [0.25, 0.3) is 0 Å². The van der Waals surface area contributed by atoms with Crippen LogP contribution in [0, 0.1) is 5.92 Å².